The molecule has 0 aromatic heterocycles. The second-order valence-electron chi connectivity index (χ2n) is 4.09. The summed E-state index contributed by atoms with van der Waals surface area (Å²) in [7, 11) is 1.94. The van der Waals surface area contributed by atoms with Gasteiger partial charge in [-0.25, -0.2) is 0 Å². The molecule has 0 radical (unpaired) electrons. The van der Waals surface area contributed by atoms with Gasteiger partial charge in [0.1, 0.15) is 5.82 Å². The third kappa shape index (κ3) is 2.38. The van der Waals surface area contributed by atoms with E-state index in [1.165, 1.54) is 24.2 Å². The van der Waals surface area contributed by atoms with Gasteiger partial charge >= 0.3 is 0 Å². The highest BCUT2D eigenvalue weighted by molar-refractivity contribution is 7.83. The van der Waals surface area contributed by atoms with Crippen LogP contribution in [0.25, 0.3) is 0 Å². The summed E-state index contributed by atoms with van der Waals surface area (Å²) in [5.74, 6) is 1.30. The van der Waals surface area contributed by atoms with Crippen molar-refractivity contribution in [2.75, 3.05) is 26.7 Å². The van der Waals surface area contributed by atoms with E-state index in [4.69, 9.17) is 0 Å². The minimum Gasteiger partial charge on any atom is -0.390 e. The van der Waals surface area contributed by atoms with Crippen LogP contribution in [0.4, 0.5) is 0 Å². The van der Waals surface area contributed by atoms with Crippen LogP contribution in [0, 0.1) is 0 Å². The monoisotopic (exact) mass is 237 g/mol. The first-order chi connectivity index (χ1) is 7.85. The molecule has 88 valence electrons. The normalized spacial score (nSPS) is 20.6. The third-order valence-electron chi connectivity index (χ3n) is 3.02. The molecule has 0 fully saturated rings. The molecule has 2 aliphatic heterocycles. The Morgan fingerprint density at radius 2 is 2.56 bits per heavy atom. The summed E-state index contributed by atoms with van der Waals surface area (Å²) in [5.41, 5.74) is 2.57. The van der Waals surface area contributed by atoms with Gasteiger partial charge in [-0.1, -0.05) is 12.2 Å². The van der Waals surface area contributed by atoms with Crippen molar-refractivity contribution < 1.29 is 0 Å². The molecular formula is C12H19N3S. The summed E-state index contributed by atoms with van der Waals surface area (Å²) < 4.78 is 0. The number of nitrogens with one attached hydrogen (secondary N) is 2. The van der Waals surface area contributed by atoms with Crippen LogP contribution in [-0.4, -0.2) is 31.6 Å². The van der Waals surface area contributed by atoms with Crippen LogP contribution in [0.1, 0.15) is 12.8 Å². The average molecular weight is 237 g/mol. The molecule has 0 atom stereocenters. The molecule has 2 heterocycles. The zero-order valence-corrected chi connectivity index (χ0v) is 10.6. The van der Waals surface area contributed by atoms with Gasteiger partial charge in [0.05, 0.1) is 6.54 Å². The fourth-order valence-corrected chi connectivity index (χ4v) is 2.35. The molecule has 0 bridgehead atoms. The molecule has 0 aromatic rings. The second-order valence-corrected chi connectivity index (χ2v) is 4.35. The zero-order chi connectivity index (χ0) is 11.4. The Balaban J connectivity index is 2.11. The Labute approximate surface area is 103 Å². The van der Waals surface area contributed by atoms with Crippen LogP contribution in [0.3, 0.4) is 0 Å². The number of hydrogen-bond acceptors (Lipinski definition) is 4. The van der Waals surface area contributed by atoms with Crippen molar-refractivity contribution in [3.8, 4) is 0 Å². The molecule has 0 amide bonds. The predicted octanol–water partition coefficient (Wildman–Crippen LogP) is 1.44. The van der Waals surface area contributed by atoms with Crippen molar-refractivity contribution in [3.63, 3.8) is 0 Å². The van der Waals surface area contributed by atoms with Crippen LogP contribution in [0.15, 0.2) is 34.7 Å². The lowest BCUT2D eigenvalue weighted by Gasteiger charge is -2.34. The molecule has 3 nitrogen and oxygen atoms in total. The molecule has 0 aromatic carbocycles. The summed E-state index contributed by atoms with van der Waals surface area (Å²) in [5, 5.41) is 8.50. The minimum absolute atomic E-state index is 0.885. The van der Waals surface area contributed by atoms with E-state index in [0.717, 1.165) is 25.3 Å². The van der Waals surface area contributed by atoms with E-state index in [9.17, 15) is 0 Å². The maximum Gasteiger partial charge on any atom is 0.105 e. The Morgan fingerprint density at radius 1 is 1.69 bits per heavy atom. The van der Waals surface area contributed by atoms with E-state index < -0.39 is 0 Å². The van der Waals surface area contributed by atoms with Crippen molar-refractivity contribution in [3.05, 3.63) is 34.7 Å². The summed E-state index contributed by atoms with van der Waals surface area (Å²) in [4.78, 5) is 2.35. The van der Waals surface area contributed by atoms with E-state index >= 15 is 0 Å². The smallest absolute Gasteiger partial charge is 0.105 e. The topological polar surface area (TPSA) is 27.3 Å². The number of rotatable bonds is 3. The van der Waals surface area contributed by atoms with Gasteiger partial charge in [-0.05, 0) is 23.8 Å². The predicted molar refractivity (Wildman–Crippen MR) is 71.1 cm³/mol. The number of hydrogen-bond donors (Lipinski definition) is 3. The van der Waals surface area contributed by atoms with E-state index in [1.54, 1.807) is 0 Å². The summed E-state index contributed by atoms with van der Waals surface area (Å²) in [6, 6.07) is 0. The lowest BCUT2D eigenvalue weighted by atomic mass is 10.0. The molecule has 16 heavy (non-hydrogen) atoms. The fraction of sp³-hybridized carbons (Fsp3) is 0.500. The first-order valence-electron chi connectivity index (χ1n) is 5.74. The van der Waals surface area contributed by atoms with E-state index in [0.29, 0.717) is 0 Å². The zero-order valence-electron chi connectivity index (χ0n) is 9.66. The van der Waals surface area contributed by atoms with Crippen molar-refractivity contribution in [2.24, 2.45) is 0 Å². The Bertz CT molecular complexity index is 344. The van der Waals surface area contributed by atoms with Crippen molar-refractivity contribution in [2.45, 2.75) is 12.8 Å². The lowest BCUT2D eigenvalue weighted by Crippen LogP contribution is -2.39. The van der Waals surface area contributed by atoms with Gasteiger partial charge in [-0.3, -0.25) is 0 Å². The Morgan fingerprint density at radius 3 is 3.31 bits per heavy atom. The summed E-state index contributed by atoms with van der Waals surface area (Å²) >= 11 is 4.21. The molecule has 0 unspecified atom stereocenters. The Kier molecular flexibility index (Phi) is 3.83. The first kappa shape index (κ1) is 11.5. The van der Waals surface area contributed by atoms with Gasteiger partial charge in [-0.2, -0.15) is 0 Å². The maximum atomic E-state index is 4.21. The van der Waals surface area contributed by atoms with Crippen LogP contribution in [0.5, 0.6) is 0 Å². The minimum atomic E-state index is 0.885. The average Bonchev–Trinajstić information content (AvgIpc) is 2.36. The van der Waals surface area contributed by atoms with Gasteiger partial charge in [0.25, 0.3) is 0 Å². The molecule has 4 heteroatoms. The van der Waals surface area contributed by atoms with E-state index in [2.05, 4.69) is 40.3 Å². The van der Waals surface area contributed by atoms with Crippen LogP contribution in [-0.2, 0) is 0 Å². The molecular weight excluding hydrogens is 218 g/mol. The largest absolute Gasteiger partial charge is 0.390 e. The number of thiol groups is 1. The standard InChI is InChI=1S/C12H19N3S/c1-13-11(9-16)8-15-7-3-5-10-4-2-6-14-12(10)15/h3,5,9,13-14,16H,2,4,6-8H2,1H3/b11-9-. The van der Waals surface area contributed by atoms with Crippen LogP contribution >= 0.6 is 12.6 Å². The van der Waals surface area contributed by atoms with Crippen molar-refractivity contribution in [1.82, 2.24) is 15.5 Å². The highest BCUT2D eigenvalue weighted by Crippen LogP contribution is 2.22. The van der Waals surface area contributed by atoms with Crippen molar-refractivity contribution in [1.29, 1.82) is 0 Å². The van der Waals surface area contributed by atoms with Crippen LogP contribution < -0.4 is 10.6 Å². The molecule has 2 rings (SSSR count). The van der Waals surface area contributed by atoms with Gasteiger partial charge in [0, 0.05) is 25.8 Å². The van der Waals surface area contributed by atoms with E-state index in [-0.39, 0.29) is 0 Å². The summed E-state index contributed by atoms with van der Waals surface area (Å²) in [6.07, 6.45) is 6.91. The Hall–Kier alpha value is -1.03. The highest BCUT2D eigenvalue weighted by atomic mass is 32.1. The third-order valence-corrected chi connectivity index (χ3v) is 3.33. The molecule has 2 N–H and O–H groups in total. The molecule has 0 aliphatic carbocycles. The SMILES string of the molecule is CN/C(=C\S)CN1CC=CC2=C1NCCC2. The summed E-state index contributed by atoms with van der Waals surface area (Å²) in [6.45, 7) is 2.94. The van der Waals surface area contributed by atoms with E-state index in [1.807, 2.05) is 12.5 Å². The highest BCUT2D eigenvalue weighted by Gasteiger charge is 2.19. The molecule has 2 aliphatic rings. The van der Waals surface area contributed by atoms with Gasteiger partial charge in [-0.15, -0.1) is 12.6 Å². The van der Waals surface area contributed by atoms with Crippen molar-refractivity contribution >= 4 is 12.6 Å². The fourth-order valence-electron chi connectivity index (χ4n) is 2.14. The van der Waals surface area contributed by atoms with Gasteiger partial charge < -0.3 is 15.5 Å². The van der Waals surface area contributed by atoms with Crippen LogP contribution in [0.2, 0.25) is 0 Å². The number of allylic oxidation sites excluding steroid dienone is 2. The number of likely N-dealkylation sites (N-methyl/N-ethyl adjacent to an activating group) is 1. The number of nitrogens with zero attached hydrogens (tertiary/aromatic N) is 1. The lowest BCUT2D eigenvalue weighted by molar-refractivity contribution is 0.350. The van der Waals surface area contributed by atoms with Gasteiger partial charge in [0.15, 0.2) is 0 Å². The molecule has 0 spiro atoms. The molecule has 0 saturated carbocycles. The quantitative estimate of drug-likeness (QED) is 0.649. The first-order valence-corrected chi connectivity index (χ1v) is 6.26. The maximum absolute atomic E-state index is 4.21. The van der Waals surface area contributed by atoms with Gasteiger partial charge in [0.2, 0.25) is 0 Å². The second kappa shape index (κ2) is 5.34. The molecule has 0 saturated heterocycles.